The first-order valence-electron chi connectivity index (χ1n) is 9.40. The van der Waals surface area contributed by atoms with E-state index in [-0.39, 0.29) is 4.90 Å². The molecule has 7 nitrogen and oxygen atoms in total. The molecule has 3 aromatic carbocycles. The van der Waals surface area contributed by atoms with Crippen molar-refractivity contribution in [2.45, 2.75) is 4.90 Å². The van der Waals surface area contributed by atoms with E-state index in [1.54, 1.807) is 54.6 Å². The Bertz CT molecular complexity index is 1280. The van der Waals surface area contributed by atoms with Crippen LogP contribution in [0.25, 0.3) is 0 Å². The molecule has 0 spiro atoms. The fourth-order valence-electron chi connectivity index (χ4n) is 2.68. The number of nitrogens with one attached hydrogen (secondary N) is 1. The summed E-state index contributed by atoms with van der Waals surface area (Å²) >= 11 is 10.4. The topological polar surface area (TPSA) is 86.2 Å². The number of nitrogens with zero attached hydrogens (tertiary/aromatic N) is 1. The minimum absolute atomic E-state index is 0.0424. The minimum atomic E-state index is -3.73. The number of sulfonamides is 1. The molecule has 0 atom stereocenters. The van der Waals surface area contributed by atoms with Crippen LogP contribution in [0.3, 0.4) is 0 Å². The molecule has 1 N–H and O–H groups in total. The van der Waals surface area contributed by atoms with E-state index in [0.717, 1.165) is 11.3 Å². The molecule has 0 aliphatic carbocycles. The Balaban J connectivity index is 0.000000205. The van der Waals surface area contributed by atoms with Gasteiger partial charge in [-0.1, -0.05) is 42.2 Å². The molecule has 1 heterocycles. The molecule has 0 unspecified atom stereocenters. The molecule has 0 fully saturated rings. The van der Waals surface area contributed by atoms with E-state index in [0.29, 0.717) is 34.6 Å². The van der Waals surface area contributed by atoms with Crippen LogP contribution in [0.1, 0.15) is 5.56 Å². The van der Waals surface area contributed by atoms with Gasteiger partial charge in [0.25, 0.3) is 10.0 Å². The van der Waals surface area contributed by atoms with E-state index in [9.17, 15) is 8.42 Å². The van der Waals surface area contributed by atoms with Gasteiger partial charge in [-0.15, -0.1) is 0 Å². The third-order valence-corrected chi connectivity index (χ3v) is 5.94. The first-order valence-corrected chi connectivity index (χ1v) is 11.8. The number of hydrogen-bond acceptors (Lipinski definition) is 6. The van der Waals surface area contributed by atoms with Gasteiger partial charge in [-0.2, -0.15) is 0 Å². The molecule has 176 valence electrons. The Morgan fingerprint density at radius 2 is 1.88 bits per heavy atom. The van der Waals surface area contributed by atoms with Gasteiger partial charge in [-0.3, -0.25) is 4.40 Å². The average Bonchev–Trinajstić information content (AvgIpc) is 2.81. The van der Waals surface area contributed by atoms with Crippen molar-refractivity contribution in [3.63, 3.8) is 0 Å². The van der Waals surface area contributed by atoms with E-state index < -0.39 is 10.0 Å². The van der Waals surface area contributed by atoms with Crippen LogP contribution in [-0.2, 0) is 25.1 Å². The van der Waals surface area contributed by atoms with Crippen LogP contribution in [0.2, 0.25) is 5.02 Å². The fourth-order valence-corrected chi connectivity index (χ4v) is 3.86. The van der Waals surface area contributed by atoms with Crippen molar-refractivity contribution in [3.8, 4) is 23.0 Å². The first-order chi connectivity index (χ1) is 15.9. The van der Waals surface area contributed by atoms with Crippen molar-refractivity contribution >= 4 is 38.6 Å². The van der Waals surface area contributed by atoms with Crippen LogP contribution in [0, 0.1) is 6.92 Å². The molecular formula is C23H19ClN2NiO5S-2. The zero-order valence-electron chi connectivity index (χ0n) is 17.4. The van der Waals surface area contributed by atoms with Gasteiger partial charge in [0.2, 0.25) is 0 Å². The molecule has 0 saturated carbocycles. The maximum atomic E-state index is 11.8. The van der Waals surface area contributed by atoms with Gasteiger partial charge >= 0.3 is 85.4 Å². The summed E-state index contributed by atoms with van der Waals surface area (Å²) in [6.07, 6.45) is 2.25. The first kappa shape index (κ1) is 24.6. The van der Waals surface area contributed by atoms with Gasteiger partial charge in [0.15, 0.2) is 0 Å². The summed E-state index contributed by atoms with van der Waals surface area (Å²) in [7, 11) is -2.11. The molecule has 1 aliphatic rings. The Morgan fingerprint density at radius 1 is 1.12 bits per heavy atom. The zero-order valence-corrected chi connectivity index (χ0v) is 19.9. The van der Waals surface area contributed by atoms with Crippen molar-refractivity contribution in [1.82, 2.24) is 0 Å². The SMILES string of the molecule is O=S1(=O)N=[C-]Nc2c(Oc3ccccc3Cl)cccc21.[CH2-]c1ccc(OC)cc1OC[CH]=[Ni]. The number of ether oxygens (including phenoxy) is 3. The molecule has 0 saturated heterocycles. The predicted octanol–water partition coefficient (Wildman–Crippen LogP) is 4.76. The molecule has 0 bridgehead atoms. The van der Waals surface area contributed by atoms with Gasteiger partial charge in [-0.25, -0.2) is 8.42 Å². The van der Waals surface area contributed by atoms with Crippen molar-refractivity contribution in [2.24, 2.45) is 4.40 Å². The molecule has 10 heteroatoms. The number of anilines is 1. The van der Waals surface area contributed by atoms with Crippen LogP contribution < -0.4 is 19.5 Å². The summed E-state index contributed by atoms with van der Waals surface area (Å²) in [6, 6.07) is 17.1. The summed E-state index contributed by atoms with van der Waals surface area (Å²) in [5, 5.41) is 3.09. The number of rotatable bonds is 6. The van der Waals surface area contributed by atoms with Gasteiger partial charge in [-0.05, 0) is 23.9 Å². The van der Waals surface area contributed by atoms with E-state index in [1.165, 1.54) is 6.07 Å². The second-order valence-corrected chi connectivity index (χ2v) is 8.76. The molecule has 4 rings (SSSR count). The summed E-state index contributed by atoms with van der Waals surface area (Å²) in [4.78, 5) is 1.61. The Labute approximate surface area is 205 Å². The number of fused-ring (bicyclic) bond motifs is 1. The molecule has 1 aliphatic heterocycles. The standard InChI is InChI=1S/C13H8ClN2O3S.C10H11O2.Ni/c14-9-4-1-2-5-10(9)19-11-6-3-7-12-13(11)15-8-16-20(12,17)18;1-4-12-10-7-9(11-3)6-5-8(10)2;/h1-7H,(H,15,16);1,5-7H,2,4H2,3H3;/q2*-1;. The van der Waals surface area contributed by atoms with Gasteiger partial charge in [0.1, 0.15) is 5.75 Å². The van der Waals surface area contributed by atoms with Crippen LogP contribution in [0.4, 0.5) is 5.69 Å². The maximum absolute atomic E-state index is 11.8. The van der Waals surface area contributed by atoms with Crippen LogP contribution in [-0.4, -0.2) is 33.5 Å². The average molecular weight is 530 g/mol. The number of benzene rings is 3. The number of para-hydroxylation sites is 2. The van der Waals surface area contributed by atoms with Crippen molar-refractivity contribution in [3.05, 3.63) is 78.2 Å². The van der Waals surface area contributed by atoms with Gasteiger partial charge < -0.3 is 10.1 Å². The van der Waals surface area contributed by atoms with E-state index in [2.05, 4.69) is 38.0 Å². The molecular weight excluding hydrogens is 510 g/mol. The molecule has 33 heavy (non-hydrogen) atoms. The molecule has 3 aromatic rings. The van der Waals surface area contributed by atoms with Crippen LogP contribution >= 0.6 is 11.6 Å². The zero-order chi connectivity index (χ0) is 23.8. The summed E-state index contributed by atoms with van der Waals surface area (Å²) in [6.45, 7) is 4.25. The van der Waals surface area contributed by atoms with Crippen molar-refractivity contribution in [2.75, 3.05) is 19.0 Å². The monoisotopic (exact) mass is 528 g/mol. The quantitative estimate of drug-likeness (QED) is 0.366. The van der Waals surface area contributed by atoms with Crippen molar-refractivity contribution in [1.29, 1.82) is 0 Å². The van der Waals surface area contributed by atoms with E-state index >= 15 is 0 Å². The third kappa shape index (κ3) is 6.29. The number of hydrogen-bond donors (Lipinski definition) is 1. The van der Waals surface area contributed by atoms with Gasteiger partial charge in [0, 0.05) is 4.90 Å². The third-order valence-electron chi connectivity index (χ3n) is 4.24. The molecule has 0 amide bonds. The van der Waals surface area contributed by atoms with Crippen molar-refractivity contribution < 1.29 is 37.7 Å². The van der Waals surface area contributed by atoms with Gasteiger partial charge in [0.05, 0.1) is 10.8 Å². The number of halogens is 1. The Morgan fingerprint density at radius 3 is 2.61 bits per heavy atom. The van der Waals surface area contributed by atoms with E-state index in [4.69, 9.17) is 25.8 Å². The normalized spacial score (nSPS) is 13.0. The van der Waals surface area contributed by atoms with Crippen LogP contribution in [0.5, 0.6) is 23.0 Å². The Kier molecular flexibility index (Phi) is 8.39. The Hall–Kier alpha value is -3.00. The molecule has 0 radical (unpaired) electrons. The predicted molar refractivity (Wildman–Crippen MR) is 125 cm³/mol. The fraction of sp³-hybridized carbons (Fsp3) is 0.0870. The second kappa shape index (κ2) is 11.2. The second-order valence-electron chi connectivity index (χ2n) is 6.38. The summed E-state index contributed by atoms with van der Waals surface area (Å²) < 4.78 is 42.9. The van der Waals surface area contributed by atoms with Crippen LogP contribution in [0.15, 0.2) is 70.0 Å². The summed E-state index contributed by atoms with van der Waals surface area (Å²) in [5.74, 6) is 2.24. The number of methoxy groups -OCH3 is 1. The molecule has 0 aromatic heterocycles. The van der Waals surface area contributed by atoms with E-state index in [1.807, 2.05) is 12.1 Å². The summed E-state index contributed by atoms with van der Waals surface area (Å²) in [5.41, 5.74) is 1.13.